The first-order valence-corrected chi connectivity index (χ1v) is 14.8. The van der Waals surface area contributed by atoms with Crippen molar-refractivity contribution in [3.63, 3.8) is 0 Å². The highest BCUT2D eigenvalue weighted by Crippen LogP contribution is 2.44. The number of carbonyl (C=O) groups is 1. The maximum absolute atomic E-state index is 13.6. The molecule has 1 aliphatic heterocycles. The minimum atomic E-state index is -4.67. The number of hydrogen-bond donors (Lipinski definition) is 1. The van der Waals surface area contributed by atoms with Crippen molar-refractivity contribution < 1.29 is 30.8 Å². The van der Waals surface area contributed by atoms with Crippen LogP contribution in [0.3, 0.4) is 0 Å². The minimum Gasteiger partial charge on any atom is -0.349 e. The Balaban J connectivity index is 1.24. The molecule has 3 aromatic rings. The number of amides is 1. The summed E-state index contributed by atoms with van der Waals surface area (Å²) in [5.74, 6) is -1.74. The molecule has 3 heterocycles. The van der Waals surface area contributed by atoms with E-state index < -0.39 is 39.8 Å². The average Bonchev–Trinajstić information content (AvgIpc) is 3.59. The third kappa shape index (κ3) is 5.54. The number of hydrogen-bond acceptors (Lipinski definition) is 7. The van der Waals surface area contributed by atoms with Crippen LogP contribution in [0.25, 0.3) is 11.3 Å². The molecular formula is C27H26F4N6O3S. The van der Waals surface area contributed by atoms with Gasteiger partial charge in [0.15, 0.2) is 0 Å². The molecule has 3 fully saturated rings. The van der Waals surface area contributed by atoms with Crippen LogP contribution in [0.5, 0.6) is 0 Å². The topological polar surface area (TPSA) is 118 Å². The zero-order valence-electron chi connectivity index (χ0n) is 21.7. The highest BCUT2D eigenvalue weighted by atomic mass is 32.2. The Labute approximate surface area is 233 Å². The molecule has 2 aromatic heterocycles. The first kappa shape index (κ1) is 27.6. The van der Waals surface area contributed by atoms with Crippen molar-refractivity contribution in [2.24, 2.45) is 11.8 Å². The lowest BCUT2D eigenvalue weighted by atomic mass is 9.93. The van der Waals surface area contributed by atoms with E-state index in [0.717, 1.165) is 56.6 Å². The van der Waals surface area contributed by atoms with E-state index in [2.05, 4.69) is 25.3 Å². The highest BCUT2D eigenvalue weighted by Gasteiger charge is 2.52. The van der Waals surface area contributed by atoms with E-state index in [0.29, 0.717) is 17.2 Å². The van der Waals surface area contributed by atoms with Gasteiger partial charge in [-0.15, -0.1) is 0 Å². The summed E-state index contributed by atoms with van der Waals surface area (Å²) in [5.41, 5.74) is 1.03. The normalized spacial score (nSPS) is 23.0. The van der Waals surface area contributed by atoms with Gasteiger partial charge >= 0.3 is 6.18 Å². The number of nitrogens with one attached hydrogen (secondary N) is 1. The van der Waals surface area contributed by atoms with Gasteiger partial charge in [0.05, 0.1) is 22.8 Å². The Morgan fingerprint density at radius 3 is 2.39 bits per heavy atom. The molecule has 1 amide bonds. The largest absolute Gasteiger partial charge is 0.451 e. The van der Waals surface area contributed by atoms with Crippen molar-refractivity contribution in [1.82, 2.24) is 29.6 Å². The Bertz CT molecular complexity index is 1560. The fourth-order valence-electron chi connectivity index (χ4n) is 5.75. The van der Waals surface area contributed by atoms with Crippen molar-refractivity contribution in [3.8, 4) is 11.3 Å². The first-order chi connectivity index (χ1) is 19.5. The van der Waals surface area contributed by atoms with E-state index in [1.807, 2.05) is 0 Å². The molecule has 9 nitrogen and oxygen atoms in total. The van der Waals surface area contributed by atoms with Gasteiger partial charge in [-0.2, -0.15) is 17.5 Å². The first-order valence-electron chi connectivity index (χ1n) is 13.3. The summed E-state index contributed by atoms with van der Waals surface area (Å²) < 4.78 is 80.4. The molecule has 2 aliphatic carbocycles. The van der Waals surface area contributed by atoms with Crippen LogP contribution >= 0.6 is 0 Å². The third-order valence-corrected chi connectivity index (χ3v) is 9.78. The van der Waals surface area contributed by atoms with Crippen LogP contribution in [0.2, 0.25) is 0 Å². The van der Waals surface area contributed by atoms with E-state index in [1.54, 1.807) is 6.07 Å². The lowest BCUT2D eigenvalue weighted by Gasteiger charge is -2.26. The predicted molar refractivity (Wildman–Crippen MR) is 137 cm³/mol. The quantitative estimate of drug-likeness (QED) is 0.412. The summed E-state index contributed by atoms with van der Waals surface area (Å²) in [4.78, 5) is 29.4. The summed E-state index contributed by atoms with van der Waals surface area (Å²) in [7, 11) is -4.05. The molecule has 3 atom stereocenters. The number of fused-ring (bicyclic) bond motifs is 1. The number of nitrogens with zero attached hydrogens (tertiary/aromatic N) is 5. The van der Waals surface area contributed by atoms with Crippen molar-refractivity contribution in [3.05, 3.63) is 65.9 Å². The van der Waals surface area contributed by atoms with E-state index in [9.17, 15) is 30.8 Å². The Hall–Kier alpha value is -3.52. The summed E-state index contributed by atoms with van der Waals surface area (Å²) in [5, 5.41) is 2.84. The second-order valence-corrected chi connectivity index (χ2v) is 12.6. The van der Waals surface area contributed by atoms with Crippen LogP contribution in [0.1, 0.15) is 55.4 Å². The summed E-state index contributed by atoms with van der Waals surface area (Å²) in [6.07, 6.45) is 1.62. The van der Waals surface area contributed by atoms with Gasteiger partial charge in [-0.1, -0.05) is 6.42 Å². The molecule has 1 saturated heterocycles. The number of alkyl halides is 3. The SMILES string of the molecule is O=C(NCc1cc(-c2cnc(C(F)(F)F)nc2)nc(C2CC2)n1)[C@@H]1[C@H]2CCC[C@H]2CN1S(=O)(=O)c1ccc(F)cc1. The number of halogens is 4. The maximum atomic E-state index is 13.6. The molecule has 2 saturated carbocycles. The number of benzene rings is 1. The van der Waals surface area contributed by atoms with E-state index in [-0.39, 0.29) is 41.3 Å². The summed E-state index contributed by atoms with van der Waals surface area (Å²) in [6.45, 7) is 0.174. The van der Waals surface area contributed by atoms with Gasteiger partial charge in [-0.25, -0.2) is 32.7 Å². The lowest BCUT2D eigenvalue weighted by molar-refractivity contribution is -0.145. The molecular weight excluding hydrogens is 564 g/mol. The van der Waals surface area contributed by atoms with Crippen LogP contribution in [0.15, 0.2) is 47.6 Å². The van der Waals surface area contributed by atoms with E-state index in [1.165, 1.54) is 16.4 Å². The molecule has 14 heteroatoms. The summed E-state index contributed by atoms with van der Waals surface area (Å²) in [6, 6.07) is 5.17. The molecule has 0 bridgehead atoms. The number of aromatic nitrogens is 4. The van der Waals surface area contributed by atoms with Gasteiger partial charge in [0.2, 0.25) is 21.8 Å². The Morgan fingerprint density at radius 1 is 1.02 bits per heavy atom. The van der Waals surface area contributed by atoms with E-state index >= 15 is 0 Å². The van der Waals surface area contributed by atoms with Gasteiger partial charge in [0.25, 0.3) is 0 Å². The van der Waals surface area contributed by atoms with Crippen molar-refractivity contribution in [1.29, 1.82) is 0 Å². The van der Waals surface area contributed by atoms with Crippen molar-refractivity contribution >= 4 is 15.9 Å². The Kier molecular flexibility index (Phi) is 7.00. The zero-order chi connectivity index (χ0) is 28.9. The second kappa shape index (κ2) is 10.4. The molecule has 0 spiro atoms. The number of rotatable bonds is 7. The number of carbonyl (C=O) groups excluding carboxylic acids is 1. The van der Waals surface area contributed by atoms with Gasteiger partial charge in [0.1, 0.15) is 17.7 Å². The lowest BCUT2D eigenvalue weighted by Crippen LogP contribution is -2.48. The van der Waals surface area contributed by atoms with Crippen LogP contribution in [0.4, 0.5) is 17.6 Å². The third-order valence-electron chi connectivity index (χ3n) is 7.92. The smallest absolute Gasteiger partial charge is 0.349 e. The zero-order valence-corrected chi connectivity index (χ0v) is 22.5. The van der Waals surface area contributed by atoms with Crippen LogP contribution in [-0.4, -0.2) is 51.2 Å². The van der Waals surface area contributed by atoms with Crippen LogP contribution < -0.4 is 5.32 Å². The monoisotopic (exact) mass is 590 g/mol. The van der Waals surface area contributed by atoms with Gasteiger partial charge in [-0.3, -0.25) is 4.79 Å². The molecule has 0 radical (unpaired) electrons. The van der Waals surface area contributed by atoms with Crippen LogP contribution in [-0.2, 0) is 27.5 Å². The molecule has 6 rings (SSSR count). The van der Waals surface area contributed by atoms with Gasteiger partial charge in [0, 0.05) is 30.4 Å². The minimum absolute atomic E-state index is 0.0338. The van der Waals surface area contributed by atoms with E-state index in [4.69, 9.17) is 0 Å². The molecule has 41 heavy (non-hydrogen) atoms. The van der Waals surface area contributed by atoms with Crippen molar-refractivity contribution in [2.75, 3.05) is 6.54 Å². The molecule has 216 valence electrons. The molecule has 1 N–H and O–H groups in total. The van der Waals surface area contributed by atoms with Gasteiger partial charge < -0.3 is 5.32 Å². The number of sulfonamides is 1. The highest BCUT2D eigenvalue weighted by molar-refractivity contribution is 7.89. The second-order valence-electron chi connectivity index (χ2n) is 10.7. The molecule has 3 aliphatic rings. The van der Waals surface area contributed by atoms with Gasteiger partial charge in [-0.05, 0) is 67.9 Å². The van der Waals surface area contributed by atoms with Crippen LogP contribution in [0, 0.1) is 17.7 Å². The maximum Gasteiger partial charge on any atom is 0.451 e. The fraction of sp³-hybridized carbons (Fsp3) is 0.444. The summed E-state index contributed by atoms with van der Waals surface area (Å²) >= 11 is 0. The molecule has 0 unspecified atom stereocenters. The Morgan fingerprint density at radius 2 is 1.73 bits per heavy atom. The standard InChI is InChI=1S/C27H26F4N6O3S/c28-18-6-8-20(9-7-18)41(39,40)37-14-16-2-1-3-21(16)23(37)25(38)32-13-19-10-22(36-24(35-19)15-4-5-15)17-11-33-26(34-12-17)27(29,30)31/h6-12,15-16,21,23H,1-5,13-14H2,(H,32,38)/t16-,21-,23-/m0/s1. The predicted octanol–water partition coefficient (Wildman–Crippen LogP) is 4.07. The van der Waals surface area contributed by atoms with Crippen molar-refractivity contribution in [2.45, 2.75) is 61.7 Å². The fourth-order valence-corrected chi connectivity index (χ4v) is 7.44. The molecule has 1 aromatic carbocycles. The average molecular weight is 591 g/mol.